The van der Waals surface area contributed by atoms with Gasteiger partial charge in [-0.05, 0) is 49.2 Å². The Labute approximate surface area is 119 Å². The van der Waals surface area contributed by atoms with Crippen molar-refractivity contribution in [3.8, 4) is 0 Å². The molecule has 7 heteroatoms. The minimum Gasteiger partial charge on any atom is -0.479 e. The van der Waals surface area contributed by atoms with Crippen LogP contribution in [0.4, 0.5) is 0 Å². The van der Waals surface area contributed by atoms with Gasteiger partial charge in [-0.2, -0.15) is 0 Å². The molecule has 0 amide bonds. The van der Waals surface area contributed by atoms with Crippen LogP contribution < -0.4 is 0 Å². The fraction of sp³-hybridized carbons (Fsp3) is 0.846. The van der Waals surface area contributed by atoms with Crippen molar-refractivity contribution in [1.82, 2.24) is 25.1 Å². The van der Waals surface area contributed by atoms with E-state index < -0.39 is 11.5 Å². The summed E-state index contributed by atoms with van der Waals surface area (Å²) in [5, 5.41) is 21.3. The summed E-state index contributed by atoms with van der Waals surface area (Å²) in [7, 11) is 0. The number of hydrogen-bond acceptors (Lipinski definition) is 5. The van der Waals surface area contributed by atoms with Crippen molar-refractivity contribution in [3.63, 3.8) is 0 Å². The van der Waals surface area contributed by atoms with Crippen LogP contribution in [0.5, 0.6) is 0 Å². The number of hydrogen-bond donors (Lipinski definition) is 1. The van der Waals surface area contributed by atoms with E-state index in [0.29, 0.717) is 25.1 Å². The summed E-state index contributed by atoms with van der Waals surface area (Å²) in [4.78, 5) is 14.0. The molecule has 0 saturated carbocycles. The Morgan fingerprint density at radius 2 is 1.95 bits per heavy atom. The molecule has 0 bridgehead atoms. The van der Waals surface area contributed by atoms with Crippen LogP contribution in [0.25, 0.3) is 0 Å². The second-order valence-electron chi connectivity index (χ2n) is 5.35. The number of carboxylic acid groups (broad SMARTS) is 1. The number of aromatic nitrogens is 4. The molecule has 1 aromatic rings. The Balaban J connectivity index is 2.15. The molecule has 2 rings (SSSR count). The molecule has 112 valence electrons. The number of likely N-dealkylation sites (tertiary alicyclic amines) is 1. The Morgan fingerprint density at radius 3 is 2.50 bits per heavy atom. The molecule has 1 aliphatic rings. The van der Waals surface area contributed by atoms with Crippen LogP contribution in [0.3, 0.4) is 0 Å². The molecule has 0 aromatic carbocycles. The zero-order chi connectivity index (χ0) is 14.6. The number of nitrogens with zero attached hydrogens (tertiary/aromatic N) is 5. The molecule has 1 aromatic heterocycles. The molecule has 0 aliphatic carbocycles. The van der Waals surface area contributed by atoms with Crippen molar-refractivity contribution in [1.29, 1.82) is 0 Å². The molecule has 1 fully saturated rings. The number of carboxylic acids is 1. The predicted molar refractivity (Wildman–Crippen MR) is 73.4 cm³/mol. The Morgan fingerprint density at radius 1 is 1.30 bits per heavy atom. The average molecular weight is 281 g/mol. The molecule has 0 atom stereocenters. The first-order chi connectivity index (χ1) is 9.64. The predicted octanol–water partition coefficient (Wildman–Crippen LogP) is 0.911. The third-order valence-electron chi connectivity index (χ3n) is 4.36. The summed E-state index contributed by atoms with van der Waals surface area (Å²) in [6.45, 7) is 6.86. The van der Waals surface area contributed by atoms with Gasteiger partial charge >= 0.3 is 5.97 Å². The molecular weight excluding hydrogens is 258 g/mol. The molecule has 20 heavy (non-hydrogen) atoms. The maximum absolute atomic E-state index is 11.7. The van der Waals surface area contributed by atoms with Gasteiger partial charge in [-0.3, -0.25) is 0 Å². The number of aliphatic carboxylic acids is 1. The lowest BCUT2D eigenvalue weighted by atomic mass is 9.93. The van der Waals surface area contributed by atoms with Gasteiger partial charge in [-0.25, -0.2) is 9.48 Å². The van der Waals surface area contributed by atoms with Crippen molar-refractivity contribution >= 4 is 5.97 Å². The summed E-state index contributed by atoms with van der Waals surface area (Å²) in [5.41, 5.74) is -1.02. The molecule has 7 nitrogen and oxygen atoms in total. The van der Waals surface area contributed by atoms with Crippen LogP contribution in [0.2, 0.25) is 0 Å². The van der Waals surface area contributed by atoms with Crippen LogP contribution in [-0.4, -0.2) is 55.8 Å². The average Bonchev–Trinajstić information content (AvgIpc) is 3.09. The highest BCUT2D eigenvalue weighted by Crippen LogP contribution is 2.25. The van der Waals surface area contributed by atoms with Crippen molar-refractivity contribution in [2.24, 2.45) is 0 Å². The van der Waals surface area contributed by atoms with Crippen LogP contribution in [0.1, 0.15) is 45.4 Å². The lowest BCUT2D eigenvalue weighted by molar-refractivity contribution is -0.148. The molecule has 0 unspecified atom stereocenters. The fourth-order valence-corrected chi connectivity index (χ4v) is 2.90. The van der Waals surface area contributed by atoms with Crippen molar-refractivity contribution in [2.45, 2.75) is 51.5 Å². The normalized spacial score (nSPS) is 16.7. The van der Waals surface area contributed by atoms with Gasteiger partial charge < -0.3 is 10.0 Å². The van der Waals surface area contributed by atoms with Crippen LogP contribution in [0.15, 0.2) is 0 Å². The number of rotatable bonds is 7. The molecular formula is C13H23N5O2. The highest BCUT2D eigenvalue weighted by molar-refractivity contribution is 5.76. The van der Waals surface area contributed by atoms with Gasteiger partial charge in [0.15, 0.2) is 11.4 Å². The summed E-state index contributed by atoms with van der Waals surface area (Å²) < 4.78 is 1.52. The van der Waals surface area contributed by atoms with Gasteiger partial charge in [-0.15, -0.1) is 5.10 Å². The summed E-state index contributed by atoms with van der Waals surface area (Å²) in [6.07, 6.45) is 4.13. The van der Waals surface area contributed by atoms with Crippen LogP contribution in [-0.2, 0) is 16.8 Å². The molecule has 1 N–H and O–H groups in total. The van der Waals surface area contributed by atoms with Gasteiger partial charge in [0.2, 0.25) is 0 Å². The smallest absolute Gasteiger partial charge is 0.331 e. The van der Waals surface area contributed by atoms with Crippen LogP contribution >= 0.6 is 0 Å². The Bertz CT molecular complexity index is 449. The van der Waals surface area contributed by atoms with Gasteiger partial charge in [-0.1, -0.05) is 13.8 Å². The molecule has 0 spiro atoms. The minimum absolute atomic E-state index is 0.473. The fourth-order valence-electron chi connectivity index (χ4n) is 2.90. The first kappa shape index (κ1) is 14.9. The lowest BCUT2D eigenvalue weighted by Crippen LogP contribution is -2.43. The largest absolute Gasteiger partial charge is 0.479 e. The minimum atomic E-state index is -1.02. The second-order valence-corrected chi connectivity index (χ2v) is 5.35. The standard InChI is InChI=1S/C13H23N5O2/c1-3-13(4-2,12(19)20)18-11(14-15-16-18)7-10-17-8-5-6-9-17/h3-10H2,1-2H3,(H,19,20). The van der Waals surface area contributed by atoms with Gasteiger partial charge in [0.1, 0.15) is 0 Å². The van der Waals surface area contributed by atoms with Crippen molar-refractivity contribution < 1.29 is 9.90 Å². The quantitative estimate of drug-likeness (QED) is 0.799. The zero-order valence-electron chi connectivity index (χ0n) is 12.2. The highest BCUT2D eigenvalue weighted by atomic mass is 16.4. The summed E-state index contributed by atoms with van der Waals surface area (Å²) >= 11 is 0. The molecule has 2 heterocycles. The lowest BCUT2D eigenvalue weighted by Gasteiger charge is -2.27. The highest BCUT2D eigenvalue weighted by Gasteiger charge is 2.40. The van der Waals surface area contributed by atoms with E-state index >= 15 is 0 Å². The Hall–Kier alpha value is -1.50. The van der Waals surface area contributed by atoms with Crippen molar-refractivity contribution in [3.05, 3.63) is 5.82 Å². The maximum Gasteiger partial charge on any atom is 0.331 e. The number of tetrazole rings is 1. The van der Waals surface area contributed by atoms with Crippen LogP contribution in [0, 0.1) is 0 Å². The van der Waals surface area contributed by atoms with Gasteiger partial charge in [0.25, 0.3) is 0 Å². The van der Waals surface area contributed by atoms with E-state index in [4.69, 9.17) is 0 Å². The van der Waals surface area contributed by atoms with E-state index in [1.807, 2.05) is 13.8 Å². The zero-order valence-corrected chi connectivity index (χ0v) is 12.2. The van der Waals surface area contributed by atoms with E-state index in [0.717, 1.165) is 19.6 Å². The van der Waals surface area contributed by atoms with Gasteiger partial charge in [0.05, 0.1) is 0 Å². The van der Waals surface area contributed by atoms with Crippen molar-refractivity contribution in [2.75, 3.05) is 19.6 Å². The van der Waals surface area contributed by atoms with E-state index in [2.05, 4.69) is 20.4 Å². The van der Waals surface area contributed by atoms with E-state index in [1.165, 1.54) is 17.5 Å². The second kappa shape index (κ2) is 6.30. The monoisotopic (exact) mass is 281 g/mol. The van der Waals surface area contributed by atoms with E-state index in [1.54, 1.807) is 0 Å². The third-order valence-corrected chi connectivity index (χ3v) is 4.36. The van der Waals surface area contributed by atoms with E-state index in [-0.39, 0.29) is 0 Å². The molecule has 1 saturated heterocycles. The third kappa shape index (κ3) is 2.67. The summed E-state index contributed by atoms with van der Waals surface area (Å²) in [5.74, 6) is -0.194. The maximum atomic E-state index is 11.7. The van der Waals surface area contributed by atoms with E-state index in [9.17, 15) is 9.90 Å². The first-order valence-electron chi connectivity index (χ1n) is 7.37. The first-order valence-corrected chi connectivity index (χ1v) is 7.37. The SMILES string of the molecule is CCC(CC)(C(=O)O)n1nnnc1CCN1CCCC1. The topological polar surface area (TPSA) is 84.1 Å². The molecule has 1 aliphatic heterocycles. The number of carbonyl (C=O) groups is 1. The summed E-state index contributed by atoms with van der Waals surface area (Å²) in [6, 6.07) is 0. The Kier molecular flexibility index (Phi) is 4.69. The molecule has 0 radical (unpaired) electrons. The van der Waals surface area contributed by atoms with Gasteiger partial charge in [0, 0.05) is 13.0 Å².